The summed E-state index contributed by atoms with van der Waals surface area (Å²) in [7, 11) is 0. The summed E-state index contributed by atoms with van der Waals surface area (Å²) < 4.78 is 5.28. The Morgan fingerprint density at radius 1 is 1.29 bits per heavy atom. The summed E-state index contributed by atoms with van der Waals surface area (Å²) in [6.07, 6.45) is 4.74. The van der Waals surface area contributed by atoms with E-state index in [-0.39, 0.29) is 12.1 Å². The van der Waals surface area contributed by atoms with Gasteiger partial charge in [-0.1, -0.05) is 20.8 Å². The van der Waals surface area contributed by atoms with Crippen LogP contribution in [0.1, 0.15) is 53.4 Å². The lowest BCUT2D eigenvalue weighted by atomic mass is 9.71. The van der Waals surface area contributed by atoms with E-state index >= 15 is 0 Å². The molecular formula is C12H22O2. The van der Waals surface area contributed by atoms with E-state index < -0.39 is 0 Å². The van der Waals surface area contributed by atoms with Gasteiger partial charge in [0.2, 0.25) is 0 Å². The van der Waals surface area contributed by atoms with Crippen LogP contribution in [0.4, 0.5) is 0 Å². The van der Waals surface area contributed by atoms with Gasteiger partial charge in [-0.25, -0.2) is 0 Å². The Hall–Kier alpha value is -0.530. The van der Waals surface area contributed by atoms with Crippen molar-refractivity contribution in [2.45, 2.75) is 59.5 Å². The number of hydrogen-bond acceptors (Lipinski definition) is 2. The fourth-order valence-electron chi connectivity index (χ4n) is 2.27. The van der Waals surface area contributed by atoms with Gasteiger partial charge in [-0.3, -0.25) is 4.79 Å². The van der Waals surface area contributed by atoms with Gasteiger partial charge in [-0.2, -0.15) is 0 Å². The summed E-state index contributed by atoms with van der Waals surface area (Å²) in [4.78, 5) is 10.8. The summed E-state index contributed by atoms with van der Waals surface area (Å²) in [6, 6.07) is 0. The van der Waals surface area contributed by atoms with E-state index in [2.05, 4.69) is 20.8 Å². The van der Waals surface area contributed by atoms with Gasteiger partial charge < -0.3 is 4.74 Å². The fraction of sp³-hybridized carbons (Fsp3) is 0.917. The van der Waals surface area contributed by atoms with Gasteiger partial charge >= 0.3 is 5.97 Å². The van der Waals surface area contributed by atoms with E-state index in [1.807, 2.05) is 0 Å². The third kappa shape index (κ3) is 3.32. The van der Waals surface area contributed by atoms with E-state index in [1.54, 1.807) is 0 Å². The predicted octanol–water partition coefficient (Wildman–Crippen LogP) is 3.15. The molecule has 14 heavy (non-hydrogen) atoms. The molecule has 0 aromatic heterocycles. The van der Waals surface area contributed by atoms with Crippen molar-refractivity contribution in [3.8, 4) is 0 Å². The molecule has 2 nitrogen and oxygen atoms in total. The molecule has 0 bridgehead atoms. The van der Waals surface area contributed by atoms with Crippen molar-refractivity contribution in [2.24, 2.45) is 11.3 Å². The SMILES string of the molecule is CC(=O)O[C@H]1CCC[C@@H](C(C)(C)C)C1. The summed E-state index contributed by atoms with van der Waals surface area (Å²) >= 11 is 0. The molecule has 1 saturated carbocycles. The number of esters is 1. The van der Waals surface area contributed by atoms with Crippen LogP contribution >= 0.6 is 0 Å². The van der Waals surface area contributed by atoms with Crippen molar-refractivity contribution in [1.82, 2.24) is 0 Å². The van der Waals surface area contributed by atoms with Crippen LogP contribution in [0.25, 0.3) is 0 Å². The number of rotatable bonds is 1. The first kappa shape index (κ1) is 11.5. The molecule has 0 spiro atoms. The molecule has 2 heteroatoms. The second-order valence-electron chi connectivity index (χ2n) is 5.46. The molecule has 0 unspecified atom stereocenters. The third-order valence-electron chi connectivity index (χ3n) is 3.18. The molecule has 0 radical (unpaired) electrons. The summed E-state index contributed by atoms with van der Waals surface area (Å²) in [5, 5.41) is 0. The molecule has 0 aliphatic heterocycles. The summed E-state index contributed by atoms with van der Waals surface area (Å²) in [5.41, 5.74) is 0.346. The highest BCUT2D eigenvalue weighted by Gasteiger charge is 2.31. The van der Waals surface area contributed by atoms with Crippen molar-refractivity contribution in [2.75, 3.05) is 0 Å². The molecule has 0 amide bonds. The molecule has 0 aromatic rings. The van der Waals surface area contributed by atoms with Crippen molar-refractivity contribution < 1.29 is 9.53 Å². The van der Waals surface area contributed by atoms with Gasteiger partial charge in [0.05, 0.1) is 0 Å². The van der Waals surface area contributed by atoms with Crippen molar-refractivity contribution in [3.63, 3.8) is 0 Å². The summed E-state index contributed by atoms with van der Waals surface area (Å²) in [6.45, 7) is 8.32. The minimum atomic E-state index is -0.135. The topological polar surface area (TPSA) is 26.3 Å². The first-order valence-electron chi connectivity index (χ1n) is 5.57. The highest BCUT2D eigenvalue weighted by Crippen LogP contribution is 2.38. The van der Waals surface area contributed by atoms with E-state index in [9.17, 15) is 4.79 Å². The average Bonchev–Trinajstić information content (AvgIpc) is 2.01. The standard InChI is InChI=1S/C12H22O2/c1-9(13)14-11-7-5-6-10(8-11)12(2,3)4/h10-11H,5-8H2,1-4H3/t10-,11+/m1/s1. The van der Waals surface area contributed by atoms with Crippen LogP contribution < -0.4 is 0 Å². The Balaban J connectivity index is 2.48. The van der Waals surface area contributed by atoms with Gasteiger partial charge in [-0.05, 0) is 37.0 Å². The van der Waals surface area contributed by atoms with Crippen molar-refractivity contribution in [1.29, 1.82) is 0 Å². The minimum Gasteiger partial charge on any atom is -0.463 e. The van der Waals surface area contributed by atoms with E-state index in [1.165, 1.54) is 19.8 Å². The molecule has 0 heterocycles. The maximum absolute atomic E-state index is 10.8. The second-order valence-corrected chi connectivity index (χ2v) is 5.46. The minimum absolute atomic E-state index is 0.135. The zero-order valence-corrected chi connectivity index (χ0v) is 9.80. The smallest absolute Gasteiger partial charge is 0.302 e. The first-order valence-corrected chi connectivity index (χ1v) is 5.57. The van der Waals surface area contributed by atoms with Crippen molar-refractivity contribution >= 4 is 5.97 Å². The molecule has 2 atom stereocenters. The molecular weight excluding hydrogens is 176 g/mol. The third-order valence-corrected chi connectivity index (χ3v) is 3.18. The van der Waals surface area contributed by atoms with E-state index in [0.717, 1.165) is 12.8 Å². The molecule has 1 aliphatic carbocycles. The van der Waals surface area contributed by atoms with E-state index in [4.69, 9.17) is 4.74 Å². The highest BCUT2D eigenvalue weighted by molar-refractivity contribution is 5.66. The normalized spacial score (nSPS) is 28.6. The molecule has 0 saturated heterocycles. The van der Waals surface area contributed by atoms with Crippen LogP contribution in [0.5, 0.6) is 0 Å². The zero-order chi connectivity index (χ0) is 10.8. The molecule has 1 rings (SSSR count). The van der Waals surface area contributed by atoms with Crippen molar-refractivity contribution in [3.05, 3.63) is 0 Å². The van der Waals surface area contributed by atoms with Crippen LogP contribution in [0.2, 0.25) is 0 Å². The van der Waals surface area contributed by atoms with Gasteiger partial charge in [0.1, 0.15) is 6.10 Å². The lowest BCUT2D eigenvalue weighted by molar-refractivity contribution is -0.149. The maximum Gasteiger partial charge on any atom is 0.302 e. The maximum atomic E-state index is 10.8. The molecule has 82 valence electrons. The Morgan fingerprint density at radius 3 is 2.43 bits per heavy atom. The second kappa shape index (κ2) is 4.33. The Labute approximate surface area is 87.0 Å². The van der Waals surface area contributed by atoms with Crippen LogP contribution in [0.15, 0.2) is 0 Å². The Morgan fingerprint density at radius 2 is 1.93 bits per heavy atom. The average molecular weight is 198 g/mol. The lowest BCUT2D eigenvalue weighted by Crippen LogP contribution is -2.31. The zero-order valence-electron chi connectivity index (χ0n) is 9.80. The van der Waals surface area contributed by atoms with Gasteiger partial charge in [0.25, 0.3) is 0 Å². The van der Waals surface area contributed by atoms with Crippen LogP contribution in [0, 0.1) is 11.3 Å². The first-order chi connectivity index (χ1) is 6.39. The largest absolute Gasteiger partial charge is 0.463 e. The molecule has 1 fully saturated rings. The lowest BCUT2D eigenvalue weighted by Gasteiger charge is -2.37. The van der Waals surface area contributed by atoms with Crippen LogP contribution in [-0.2, 0) is 9.53 Å². The Bertz CT molecular complexity index is 203. The van der Waals surface area contributed by atoms with E-state index in [0.29, 0.717) is 11.3 Å². The number of ether oxygens (including phenoxy) is 1. The quantitative estimate of drug-likeness (QED) is 0.605. The van der Waals surface area contributed by atoms with Gasteiger partial charge in [0.15, 0.2) is 0 Å². The van der Waals surface area contributed by atoms with Crippen LogP contribution in [0.3, 0.4) is 0 Å². The predicted molar refractivity (Wildman–Crippen MR) is 57.0 cm³/mol. The van der Waals surface area contributed by atoms with Gasteiger partial charge in [-0.15, -0.1) is 0 Å². The number of carbonyl (C=O) groups excluding carboxylic acids is 1. The summed E-state index contributed by atoms with van der Waals surface area (Å²) in [5.74, 6) is 0.560. The highest BCUT2D eigenvalue weighted by atomic mass is 16.5. The Kier molecular flexibility index (Phi) is 3.57. The number of hydrogen-bond donors (Lipinski definition) is 0. The van der Waals surface area contributed by atoms with Crippen LogP contribution in [-0.4, -0.2) is 12.1 Å². The molecule has 0 aromatic carbocycles. The molecule has 1 aliphatic rings. The molecule has 0 N–H and O–H groups in total. The monoisotopic (exact) mass is 198 g/mol. The van der Waals surface area contributed by atoms with Gasteiger partial charge in [0, 0.05) is 6.92 Å². The number of carbonyl (C=O) groups is 1. The fourth-order valence-corrected chi connectivity index (χ4v) is 2.27.